The summed E-state index contributed by atoms with van der Waals surface area (Å²) in [6, 6.07) is 20.0. The highest BCUT2D eigenvalue weighted by molar-refractivity contribution is 6.13. The van der Waals surface area contributed by atoms with Gasteiger partial charge in [0.25, 0.3) is 0 Å². The molecule has 0 aliphatic heterocycles. The summed E-state index contributed by atoms with van der Waals surface area (Å²) < 4.78 is 5.07. The SMILES string of the molecule is COc1cncc(NN=C(c2ccccc2)c2ccccc2)n1. The van der Waals surface area contributed by atoms with E-state index >= 15 is 0 Å². The molecule has 0 saturated heterocycles. The van der Waals surface area contributed by atoms with E-state index in [0.717, 1.165) is 16.8 Å². The van der Waals surface area contributed by atoms with Gasteiger partial charge in [0.2, 0.25) is 5.88 Å². The van der Waals surface area contributed by atoms with Crippen LogP contribution in [-0.4, -0.2) is 22.8 Å². The molecular weight excluding hydrogens is 288 g/mol. The molecular formula is C18H16N4O. The van der Waals surface area contributed by atoms with Gasteiger partial charge in [-0.15, -0.1) is 0 Å². The molecule has 0 amide bonds. The summed E-state index contributed by atoms with van der Waals surface area (Å²) in [5, 5.41) is 4.52. The third-order valence-electron chi connectivity index (χ3n) is 3.20. The van der Waals surface area contributed by atoms with Crippen LogP contribution in [0.1, 0.15) is 11.1 Å². The number of rotatable bonds is 5. The summed E-state index contributed by atoms with van der Waals surface area (Å²) in [4.78, 5) is 8.31. The molecule has 114 valence electrons. The number of hydrazone groups is 1. The van der Waals surface area contributed by atoms with E-state index in [9.17, 15) is 0 Å². The second kappa shape index (κ2) is 7.17. The van der Waals surface area contributed by atoms with E-state index in [1.54, 1.807) is 19.5 Å². The van der Waals surface area contributed by atoms with Crippen molar-refractivity contribution in [3.8, 4) is 5.88 Å². The van der Waals surface area contributed by atoms with Crippen LogP contribution in [0.3, 0.4) is 0 Å². The third kappa shape index (κ3) is 3.71. The Labute approximate surface area is 134 Å². The number of hydrogen-bond donors (Lipinski definition) is 1. The maximum atomic E-state index is 5.07. The highest BCUT2D eigenvalue weighted by Crippen LogP contribution is 2.13. The summed E-state index contributed by atoms with van der Waals surface area (Å²) in [5.41, 5.74) is 5.81. The molecule has 0 atom stereocenters. The highest BCUT2D eigenvalue weighted by Gasteiger charge is 2.06. The molecule has 2 aromatic carbocycles. The zero-order valence-corrected chi connectivity index (χ0v) is 12.7. The quantitative estimate of drug-likeness (QED) is 0.580. The summed E-state index contributed by atoms with van der Waals surface area (Å²) >= 11 is 0. The number of anilines is 1. The summed E-state index contributed by atoms with van der Waals surface area (Å²) in [6.07, 6.45) is 3.14. The molecule has 3 rings (SSSR count). The van der Waals surface area contributed by atoms with Gasteiger partial charge in [-0.2, -0.15) is 10.1 Å². The maximum absolute atomic E-state index is 5.07. The van der Waals surface area contributed by atoms with Crippen molar-refractivity contribution in [2.45, 2.75) is 0 Å². The second-order valence-corrected chi connectivity index (χ2v) is 4.75. The van der Waals surface area contributed by atoms with Crippen molar-refractivity contribution in [3.63, 3.8) is 0 Å². The van der Waals surface area contributed by atoms with Gasteiger partial charge in [-0.1, -0.05) is 60.7 Å². The van der Waals surface area contributed by atoms with Crippen LogP contribution in [0.25, 0.3) is 0 Å². The molecule has 0 unspecified atom stereocenters. The van der Waals surface area contributed by atoms with Gasteiger partial charge in [0, 0.05) is 11.1 Å². The van der Waals surface area contributed by atoms with E-state index in [1.807, 2.05) is 60.7 Å². The fourth-order valence-electron chi connectivity index (χ4n) is 2.10. The van der Waals surface area contributed by atoms with Crippen LogP contribution in [0.2, 0.25) is 0 Å². The van der Waals surface area contributed by atoms with Gasteiger partial charge in [0.1, 0.15) is 0 Å². The van der Waals surface area contributed by atoms with Crippen LogP contribution in [0, 0.1) is 0 Å². The Hall–Kier alpha value is -3.21. The minimum absolute atomic E-state index is 0.436. The first-order valence-corrected chi connectivity index (χ1v) is 7.17. The molecule has 1 heterocycles. The van der Waals surface area contributed by atoms with Gasteiger partial charge < -0.3 is 4.74 Å². The standard InChI is InChI=1S/C18H16N4O/c1-23-17-13-19-12-16(20-17)21-22-18(14-8-4-2-5-9-14)15-10-6-3-7-11-15/h2-13H,1H3,(H,20,21). The van der Waals surface area contributed by atoms with E-state index in [-0.39, 0.29) is 0 Å². The monoisotopic (exact) mass is 304 g/mol. The van der Waals surface area contributed by atoms with Crippen molar-refractivity contribution in [1.29, 1.82) is 0 Å². The second-order valence-electron chi connectivity index (χ2n) is 4.75. The average Bonchev–Trinajstić information content (AvgIpc) is 2.64. The molecule has 3 aromatic rings. The molecule has 0 spiro atoms. The van der Waals surface area contributed by atoms with Gasteiger partial charge in [-0.25, -0.2) is 0 Å². The first-order valence-electron chi connectivity index (χ1n) is 7.17. The van der Waals surface area contributed by atoms with Gasteiger partial charge in [-0.05, 0) is 0 Å². The van der Waals surface area contributed by atoms with Gasteiger partial charge >= 0.3 is 0 Å². The molecule has 0 bridgehead atoms. The molecule has 0 aliphatic carbocycles. The predicted octanol–water partition coefficient (Wildman–Crippen LogP) is 3.35. The maximum Gasteiger partial charge on any atom is 0.234 e. The number of aromatic nitrogens is 2. The molecule has 0 fully saturated rings. The highest BCUT2D eigenvalue weighted by atomic mass is 16.5. The lowest BCUT2D eigenvalue weighted by atomic mass is 10.0. The molecule has 23 heavy (non-hydrogen) atoms. The smallest absolute Gasteiger partial charge is 0.234 e. The fourth-order valence-corrected chi connectivity index (χ4v) is 2.10. The minimum atomic E-state index is 0.436. The number of methoxy groups -OCH3 is 1. The number of nitrogens with zero attached hydrogens (tertiary/aromatic N) is 3. The van der Waals surface area contributed by atoms with E-state index in [0.29, 0.717) is 11.7 Å². The van der Waals surface area contributed by atoms with Crippen LogP contribution < -0.4 is 10.2 Å². The molecule has 1 N–H and O–H groups in total. The van der Waals surface area contributed by atoms with Crippen molar-refractivity contribution in [2.24, 2.45) is 5.10 Å². The molecule has 0 aliphatic rings. The number of hydrogen-bond acceptors (Lipinski definition) is 5. The van der Waals surface area contributed by atoms with E-state index in [1.165, 1.54) is 0 Å². The van der Waals surface area contributed by atoms with Crippen molar-refractivity contribution < 1.29 is 4.74 Å². The molecule has 5 heteroatoms. The first kappa shape index (κ1) is 14.7. The summed E-state index contributed by atoms with van der Waals surface area (Å²) in [6.45, 7) is 0. The van der Waals surface area contributed by atoms with Crippen molar-refractivity contribution in [3.05, 3.63) is 84.2 Å². The largest absolute Gasteiger partial charge is 0.480 e. The van der Waals surface area contributed by atoms with Crippen molar-refractivity contribution in [1.82, 2.24) is 9.97 Å². The van der Waals surface area contributed by atoms with Gasteiger partial charge in [-0.3, -0.25) is 10.4 Å². The Bertz CT molecular complexity index is 747. The lowest BCUT2D eigenvalue weighted by Gasteiger charge is -2.08. The summed E-state index contributed by atoms with van der Waals surface area (Å²) in [5.74, 6) is 0.958. The first-order chi connectivity index (χ1) is 11.4. The van der Waals surface area contributed by atoms with Crippen molar-refractivity contribution >= 4 is 11.5 Å². The normalized spacial score (nSPS) is 9.96. The van der Waals surface area contributed by atoms with Crippen LogP contribution in [0.15, 0.2) is 78.2 Å². The average molecular weight is 304 g/mol. The fraction of sp³-hybridized carbons (Fsp3) is 0.0556. The summed E-state index contributed by atoms with van der Waals surface area (Å²) in [7, 11) is 1.55. The molecule has 5 nitrogen and oxygen atoms in total. The topological polar surface area (TPSA) is 59.4 Å². The third-order valence-corrected chi connectivity index (χ3v) is 3.20. The Morgan fingerprint density at radius 3 is 2.09 bits per heavy atom. The van der Waals surface area contributed by atoms with Crippen LogP contribution >= 0.6 is 0 Å². The zero-order valence-electron chi connectivity index (χ0n) is 12.7. The molecule has 0 radical (unpaired) electrons. The lowest BCUT2D eigenvalue weighted by molar-refractivity contribution is 0.396. The predicted molar refractivity (Wildman–Crippen MR) is 90.7 cm³/mol. The van der Waals surface area contributed by atoms with Crippen LogP contribution in [-0.2, 0) is 0 Å². The number of benzene rings is 2. The van der Waals surface area contributed by atoms with Crippen LogP contribution in [0.4, 0.5) is 5.82 Å². The zero-order chi connectivity index (χ0) is 15.9. The molecule has 0 saturated carbocycles. The Morgan fingerprint density at radius 2 is 1.52 bits per heavy atom. The van der Waals surface area contributed by atoms with Gasteiger partial charge in [0.05, 0.1) is 25.2 Å². The lowest BCUT2D eigenvalue weighted by Crippen LogP contribution is -2.07. The van der Waals surface area contributed by atoms with E-state index in [2.05, 4.69) is 20.5 Å². The van der Waals surface area contributed by atoms with E-state index in [4.69, 9.17) is 4.74 Å². The minimum Gasteiger partial charge on any atom is -0.480 e. The Morgan fingerprint density at radius 1 is 0.913 bits per heavy atom. The van der Waals surface area contributed by atoms with E-state index < -0.39 is 0 Å². The van der Waals surface area contributed by atoms with Gasteiger partial charge in [0.15, 0.2) is 5.82 Å². The van der Waals surface area contributed by atoms with Crippen LogP contribution in [0.5, 0.6) is 5.88 Å². The number of nitrogens with one attached hydrogen (secondary N) is 1. The Balaban J connectivity index is 1.95. The molecule has 1 aromatic heterocycles. The Kier molecular flexibility index (Phi) is 4.59. The van der Waals surface area contributed by atoms with Crippen molar-refractivity contribution in [2.75, 3.05) is 12.5 Å². The number of ether oxygens (including phenoxy) is 1.